The van der Waals surface area contributed by atoms with Crippen LogP contribution in [0.1, 0.15) is 12.0 Å². The van der Waals surface area contributed by atoms with Crippen molar-refractivity contribution < 1.29 is 24.5 Å². The molecule has 1 fully saturated rings. The first-order valence-corrected chi connectivity index (χ1v) is 9.64. The third-order valence-corrected chi connectivity index (χ3v) is 5.25. The highest BCUT2D eigenvalue weighted by molar-refractivity contribution is 5.88. The summed E-state index contributed by atoms with van der Waals surface area (Å²) in [6, 6.07) is 9.89. The molecule has 0 amide bonds. The van der Waals surface area contributed by atoms with E-state index in [0.717, 1.165) is 51.3 Å². The number of morpholine rings is 1. The standard InChI is InChI=1S/C22H23NO6.ClH/c24-17-8-7-16-18(25)20(27)21(29-22(16)19(17)26)15-5-3-14(4-6-15)2-1-9-23-10-12-28-13-11-23;/h3-8,24,26-27H,1-2,9-13H2;1H. The molecule has 2 aromatic carbocycles. The molecule has 0 saturated carbocycles. The number of aromatic hydroxyl groups is 3. The first-order valence-electron chi connectivity index (χ1n) is 9.64. The fourth-order valence-corrected chi connectivity index (χ4v) is 3.57. The van der Waals surface area contributed by atoms with Gasteiger partial charge in [0.05, 0.1) is 18.6 Å². The lowest BCUT2D eigenvalue weighted by molar-refractivity contribution is 0.0375. The second-order valence-electron chi connectivity index (χ2n) is 7.17. The number of aryl methyl sites for hydroxylation is 1. The van der Waals surface area contributed by atoms with Crippen LogP contribution in [0.25, 0.3) is 22.3 Å². The van der Waals surface area contributed by atoms with Crippen LogP contribution >= 0.6 is 12.4 Å². The molecule has 0 spiro atoms. The molecule has 1 aliphatic rings. The molecule has 1 saturated heterocycles. The van der Waals surface area contributed by atoms with Crippen LogP contribution < -0.4 is 5.43 Å². The van der Waals surface area contributed by atoms with Gasteiger partial charge >= 0.3 is 0 Å². The van der Waals surface area contributed by atoms with E-state index in [1.54, 1.807) is 12.1 Å². The van der Waals surface area contributed by atoms with Crippen LogP contribution in [0.15, 0.2) is 45.6 Å². The Hall–Kier alpha value is -2.74. The number of nitrogens with zero attached hydrogens (tertiary/aromatic N) is 1. The quantitative estimate of drug-likeness (QED) is 0.530. The fraction of sp³-hybridized carbons (Fsp3) is 0.318. The van der Waals surface area contributed by atoms with E-state index in [0.29, 0.717) is 5.56 Å². The second kappa shape index (κ2) is 9.38. The minimum atomic E-state index is -0.661. The summed E-state index contributed by atoms with van der Waals surface area (Å²) in [6.07, 6.45) is 1.95. The topological polar surface area (TPSA) is 103 Å². The van der Waals surface area contributed by atoms with Crippen molar-refractivity contribution in [3.63, 3.8) is 0 Å². The molecule has 7 nitrogen and oxygen atoms in total. The Kier molecular flexibility index (Phi) is 6.87. The van der Waals surface area contributed by atoms with Gasteiger partial charge in [-0.2, -0.15) is 0 Å². The summed E-state index contributed by atoms with van der Waals surface area (Å²) in [6.45, 7) is 4.56. The number of ether oxygens (including phenoxy) is 1. The van der Waals surface area contributed by atoms with Gasteiger partial charge in [-0.15, -0.1) is 12.4 Å². The predicted molar refractivity (Wildman–Crippen MR) is 116 cm³/mol. The highest BCUT2D eigenvalue weighted by atomic mass is 35.5. The maximum Gasteiger partial charge on any atom is 0.235 e. The Morgan fingerprint density at radius 3 is 2.33 bits per heavy atom. The molecule has 0 bridgehead atoms. The lowest BCUT2D eigenvalue weighted by Crippen LogP contribution is -2.36. The number of phenolic OH excluding ortho intramolecular Hbond substituents is 2. The van der Waals surface area contributed by atoms with Gasteiger partial charge in [-0.3, -0.25) is 9.69 Å². The molecule has 30 heavy (non-hydrogen) atoms. The minimum absolute atomic E-state index is 0. The molecular formula is C22H24ClNO6. The van der Waals surface area contributed by atoms with Crippen molar-refractivity contribution >= 4 is 23.4 Å². The lowest BCUT2D eigenvalue weighted by atomic mass is 10.0. The second-order valence-corrected chi connectivity index (χ2v) is 7.17. The number of fused-ring (bicyclic) bond motifs is 1. The van der Waals surface area contributed by atoms with Gasteiger partial charge in [0, 0.05) is 18.7 Å². The molecule has 4 rings (SSSR count). The van der Waals surface area contributed by atoms with Gasteiger partial charge in [-0.1, -0.05) is 24.3 Å². The molecule has 0 unspecified atom stereocenters. The first-order chi connectivity index (χ1) is 14.0. The smallest absolute Gasteiger partial charge is 0.235 e. The molecular weight excluding hydrogens is 410 g/mol. The summed E-state index contributed by atoms with van der Waals surface area (Å²) < 4.78 is 10.9. The summed E-state index contributed by atoms with van der Waals surface area (Å²) in [7, 11) is 0. The Balaban J connectivity index is 0.00000256. The van der Waals surface area contributed by atoms with Crippen LogP contribution in [0.5, 0.6) is 17.2 Å². The molecule has 1 aliphatic heterocycles. The Morgan fingerprint density at radius 2 is 1.63 bits per heavy atom. The lowest BCUT2D eigenvalue weighted by Gasteiger charge is -2.26. The SMILES string of the molecule is Cl.O=c1c(O)c(-c2ccc(CCCN3CCOCC3)cc2)oc2c(O)c(O)ccc12. The van der Waals surface area contributed by atoms with Gasteiger partial charge in [0.25, 0.3) is 0 Å². The van der Waals surface area contributed by atoms with Crippen molar-refractivity contribution in [2.45, 2.75) is 12.8 Å². The molecule has 160 valence electrons. The van der Waals surface area contributed by atoms with Crippen LogP contribution in [-0.4, -0.2) is 53.1 Å². The van der Waals surface area contributed by atoms with Crippen LogP contribution in [0, 0.1) is 0 Å². The predicted octanol–water partition coefficient (Wildman–Crippen LogP) is 3.26. The number of hydrogen-bond acceptors (Lipinski definition) is 7. The maximum absolute atomic E-state index is 12.4. The zero-order valence-electron chi connectivity index (χ0n) is 16.3. The highest BCUT2D eigenvalue weighted by Crippen LogP contribution is 2.37. The van der Waals surface area contributed by atoms with E-state index in [9.17, 15) is 20.1 Å². The normalized spacial score (nSPS) is 14.5. The van der Waals surface area contributed by atoms with E-state index in [-0.39, 0.29) is 29.1 Å². The number of halogens is 1. The van der Waals surface area contributed by atoms with Crippen molar-refractivity contribution in [2.75, 3.05) is 32.8 Å². The van der Waals surface area contributed by atoms with Crippen molar-refractivity contribution in [2.24, 2.45) is 0 Å². The molecule has 0 aliphatic carbocycles. The Morgan fingerprint density at radius 1 is 0.933 bits per heavy atom. The van der Waals surface area contributed by atoms with E-state index in [4.69, 9.17) is 9.15 Å². The van der Waals surface area contributed by atoms with Gasteiger partial charge in [0.15, 0.2) is 17.1 Å². The van der Waals surface area contributed by atoms with Crippen LogP contribution in [0.4, 0.5) is 0 Å². The molecule has 0 radical (unpaired) electrons. The van der Waals surface area contributed by atoms with Crippen molar-refractivity contribution in [3.8, 4) is 28.6 Å². The molecule has 8 heteroatoms. The summed E-state index contributed by atoms with van der Waals surface area (Å²) >= 11 is 0. The number of benzene rings is 2. The Bertz CT molecular complexity index is 1070. The molecule has 3 aromatic rings. The first kappa shape index (κ1) is 22.0. The summed E-state index contributed by atoms with van der Waals surface area (Å²) in [5.41, 5.74) is 0.842. The number of rotatable bonds is 5. The average Bonchev–Trinajstić information content (AvgIpc) is 2.75. The number of hydrogen-bond donors (Lipinski definition) is 3. The average molecular weight is 434 g/mol. The molecule has 2 heterocycles. The third kappa shape index (κ3) is 4.38. The van der Waals surface area contributed by atoms with Crippen molar-refractivity contribution in [3.05, 3.63) is 52.2 Å². The van der Waals surface area contributed by atoms with Crippen LogP contribution in [-0.2, 0) is 11.2 Å². The van der Waals surface area contributed by atoms with E-state index in [2.05, 4.69) is 4.90 Å². The Labute approximate surface area is 179 Å². The summed E-state index contributed by atoms with van der Waals surface area (Å²) in [4.78, 5) is 14.8. The van der Waals surface area contributed by atoms with E-state index in [1.807, 2.05) is 12.1 Å². The van der Waals surface area contributed by atoms with Gasteiger partial charge in [0.2, 0.25) is 16.9 Å². The van der Waals surface area contributed by atoms with Gasteiger partial charge in [-0.05, 0) is 37.1 Å². The highest BCUT2D eigenvalue weighted by Gasteiger charge is 2.19. The molecule has 0 atom stereocenters. The molecule has 3 N–H and O–H groups in total. The van der Waals surface area contributed by atoms with Gasteiger partial charge in [0.1, 0.15) is 0 Å². The summed E-state index contributed by atoms with van der Waals surface area (Å²) in [5.74, 6) is -1.49. The summed E-state index contributed by atoms with van der Waals surface area (Å²) in [5, 5.41) is 30.0. The monoisotopic (exact) mass is 433 g/mol. The van der Waals surface area contributed by atoms with E-state index in [1.165, 1.54) is 12.1 Å². The van der Waals surface area contributed by atoms with Gasteiger partial charge < -0.3 is 24.5 Å². The van der Waals surface area contributed by atoms with E-state index < -0.39 is 22.7 Å². The van der Waals surface area contributed by atoms with Gasteiger partial charge in [-0.25, -0.2) is 0 Å². The van der Waals surface area contributed by atoms with Crippen LogP contribution in [0.3, 0.4) is 0 Å². The van der Waals surface area contributed by atoms with Crippen molar-refractivity contribution in [1.82, 2.24) is 4.90 Å². The minimum Gasteiger partial charge on any atom is -0.504 e. The zero-order valence-corrected chi connectivity index (χ0v) is 17.2. The van der Waals surface area contributed by atoms with E-state index >= 15 is 0 Å². The van der Waals surface area contributed by atoms with Crippen LogP contribution in [0.2, 0.25) is 0 Å². The third-order valence-electron chi connectivity index (χ3n) is 5.25. The molecule has 1 aromatic heterocycles. The zero-order chi connectivity index (χ0) is 20.4. The largest absolute Gasteiger partial charge is 0.504 e. The fourth-order valence-electron chi connectivity index (χ4n) is 3.57. The maximum atomic E-state index is 12.4. The van der Waals surface area contributed by atoms with Crippen molar-refractivity contribution in [1.29, 1.82) is 0 Å². The number of phenols is 2.